The number of hydrogen-bond donors (Lipinski definition) is 0. The summed E-state index contributed by atoms with van der Waals surface area (Å²) in [5.74, 6) is -2.23. The van der Waals surface area contributed by atoms with Crippen LogP contribution in [0.25, 0.3) is 22.3 Å². The predicted molar refractivity (Wildman–Crippen MR) is 158 cm³/mol. The van der Waals surface area contributed by atoms with Gasteiger partial charge in [0.15, 0.2) is 5.84 Å². The van der Waals surface area contributed by atoms with Gasteiger partial charge in [-0.05, 0) is 39.4 Å². The third-order valence-electron chi connectivity index (χ3n) is 7.99. The molecule has 0 bridgehead atoms. The minimum atomic E-state index is -3.01. The smallest absolute Gasteiger partial charge is 0.257 e. The van der Waals surface area contributed by atoms with Crippen molar-refractivity contribution in [3.05, 3.63) is 155 Å². The number of rotatable bonds is 4. The molecule has 0 spiro atoms. The van der Waals surface area contributed by atoms with E-state index < -0.39 is 5.92 Å². The summed E-state index contributed by atoms with van der Waals surface area (Å²) in [5, 5.41) is 0. The molecular formula is C36H26F2N2. The number of benzene rings is 5. The van der Waals surface area contributed by atoms with Gasteiger partial charge in [-0.15, -0.1) is 0 Å². The van der Waals surface area contributed by atoms with Crippen LogP contribution >= 0.6 is 0 Å². The van der Waals surface area contributed by atoms with Crippen molar-refractivity contribution in [3.8, 4) is 22.3 Å². The van der Waals surface area contributed by atoms with E-state index in [4.69, 9.17) is 9.98 Å². The van der Waals surface area contributed by atoms with Gasteiger partial charge in [-0.1, -0.05) is 128 Å². The molecule has 0 aromatic heterocycles. The van der Waals surface area contributed by atoms with Crippen LogP contribution in [0.15, 0.2) is 137 Å². The van der Waals surface area contributed by atoms with Gasteiger partial charge >= 0.3 is 0 Å². The van der Waals surface area contributed by atoms with Crippen molar-refractivity contribution in [2.45, 2.75) is 18.9 Å². The Balaban J connectivity index is 1.26. The summed E-state index contributed by atoms with van der Waals surface area (Å²) in [5.41, 5.74) is 7.09. The minimum absolute atomic E-state index is 0.0590. The van der Waals surface area contributed by atoms with Crippen molar-refractivity contribution in [3.63, 3.8) is 0 Å². The van der Waals surface area contributed by atoms with E-state index in [1.165, 1.54) is 6.07 Å². The first-order valence-electron chi connectivity index (χ1n) is 13.5. The molecule has 40 heavy (non-hydrogen) atoms. The summed E-state index contributed by atoms with van der Waals surface area (Å²) in [6.07, 6.45) is 0. The van der Waals surface area contributed by atoms with Crippen LogP contribution in [0.3, 0.4) is 0 Å². The molecule has 5 aromatic rings. The molecule has 1 heterocycles. The summed E-state index contributed by atoms with van der Waals surface area (Å²) < 4.78 is 30.6. The first-order valence-corrected chi connectivity index (χ1v) is 13.5. The zero-order valence-corrected chi connectivity index (χ0v) is 21.9. The van der Waals surface area contributed by atoms with Crippen LogP contribution in [0.2, 0.25) is 0 Å². The van der Waals surface area contributed by atoms with Crippen LogP contribution in [0.5, 0.6) is 0 Å². The lowest BCUT2D eigenvalue weighted by Crippen LogP contribution is -2.26. The first kappa shape index (κ1) is 24.3. The SMILES string of the molecule is CC1C(c2ccccc2)=NC(c2ccc(-c3ccc4c(c3)C(F)(F)c3ccccc3-4)cc2)=NC1c1ccccc1. The second kappa shape index (κ2) is 9.49. The molecule has 0 saturated heterocycles. The minimum Gasteiger partial charge on any atom is -0.257 e. The van der Waals surface area contributed by atoms with Crippen LogP contribution in [0.4, 0.5) is 8.78 Å². The highest BCUT2D eigenvalue weighted by Gasteiger charge is 2.44. The van der Waals surface area contributed by atoms with Crippen molar-refractivity contribution in [2.24, 2.45) is 15.9 Å². The van der Waals surface area contributed by atoms with Gasteiger partial charge < -0.3 is 0 Å². The van der Waals surface area contributed by atoms with Gasteiger partial charge in [-0.2, -0.15) is 8.78 Å². The molecular weight excluding hydrogens is 498 g/mol. The number of nitrogens with zero attached hydrogens (tertiary/aromatic N) is 2. The van der Waals surface area contributed by atoms with E-state index in [1.807, 2.05) is 72.8 Å². The quantitative estimate of drug-likeness (QED) is 0.224. The lowest BCUT2D eigenvalue weighted by atomic mass is 9.86. The van der Waals surface area contributed by atoms with E-state index in [0.29, 0.717) is 17.0 Å². The third kappa shape index (κ3) is 3.99. The zero-order valence-electron chi connectivity index (χ0n) is 21.9. The fourth-order valence-corrected chi connectivity index (χ4v) is 5.89. The molecule has 2 unspecified atom stereocenters. The molecule has 7 rings (SSSR count). The summed E-state index contributed by atoms with van der Waals surface area (Å²) in [7, 11) is 0. The Hall–Kier alpha value is -4.70. The molecule has 0 fully saturated rings. The number of fused-ring (bicyclic) bond motifs is 3. The highest BCUT2D eigenvalue weighted by molar-refractivity contribution is 6.15. The fourth-order valence-electron chi connectivity index (χ4n) is 5.89. The van der Waals surface area contributed by atoms with Gasteiger partial charge in [0, 0.05) is 22.6 Å². The monoisotopic (exact) mass is 524 g/mol. The summed E-state index contributed by atoms with van der Waals surface area (Å²) in [6, 6.07) is 40.5. The molecule has 2 atom stereocenters. The molecule has 0 radical (unpaired) electrons. The number of aliphatic imine (C=N–C) groups is 2. The lowest BCUT2D eigenvalue weighted by Gasteiger charge is -2.28. The van der Waals surface area contributed by atoms with E-state index in [1.54, 1.807) is 24.3 Å². The average Bonchev–Trinajstić information content (AvgIpc) is 3.24. The van der Waals surface area contributed by atoms with E-state index in [0.717, 1.165) is 33.5 Å². The van der Waals surface area contributed by atoms with Crippen molar-refractivity contribution >= 4 is 11.5 Å². The largest absolute Gasteiger partial charge is 0.299 e. The second-order valence-corrected chi connectivity index (χ2v) is 10.4. The maximum Gasteiger partial charge on any atom is 0.299 e. The average molecular weight is 525 g/mol. The van der Waals surface area contributed by atoms with E-state index >= 15 is 8.78 Å². The number of amidine groups is 1. The van der Waals surface area contributed by atoms with Crippen LogP contribution in [0, 0.1) is 5.92 Å². The van der Waals surface area contributed by atoms with Gasteiger partial charge in [-0.3, -0.25) is 4.99 Å². The summed E-state index contributed by atoms with van der Waals surface area (Å²) >= 11 is 0. The molecule has 5 aromatic carbocycles. The summed E-state index contributed by atoms with van der Waals surface area (Å²) in [4.78, 5) is 10.1. The van der Waals surface area contributed by atoms with Gasteiger partial charge in [0.05, 0.1) is 11.8 Å². The van der Waals surface area contributed by atoms with Crippen molar-refractivity contribution in [1.29, 1.82) is 0 Å². The Kier molecular flexibility index (Phi) is 5.78. The van der Waals surface area contributed by atoms with E-state index in [2.05, 4.69) is 31.2 Å². The zero-order chi connectivity index (χ0) is 27.3. The molecule has 194 valence electrons. The molecule has 0 saturated carbocycles. The van der Waals surface area contributed by atoms with Gasteiger partial charge in [0.25, 0.3) is 5.92 Å². The standard InChI is InChI=1S/C36H26F2N2/c1-23-33(25-10-4-2-5-11-25)39-35(40-34(23)26-12-6-3-7-13-26)27-18-16-24(17-19-27)28-20-21-30-29-14-8-9-15-31(29)36(37,38)32(30)22-28/h2-23,33H,1H3. The Morgan fingerprint density at radius 1 is 0.575 bits per heavy atom. The molecule has 2 nitrogen and oxygen atoms in total. The van der Waals surface area contributed by atoms with Crippen molar-refractivity contribution in [2.75, 3.05) is 0 Å². The normalized spacial score (nSPS) is 18.9. The predicted octanol–water partition coefficient (Wildman–Crippen LogP) is 9.10. The maximum absolute atomic E-state index is 15.3. The number of alkyl halides is 2. The van der Waals surface area contributed by atoms with Crippen LogP contribution < -0.4 is 0 Å². The van der Waals surface area contributed by atoms with Crippen LogP contribution in [-0.4, -0.2) is 11.5 Å². The molecule has 4 heteroatoms. The Morgan fingerprint density at radius 2 is 1.18 bits per heavy atom. The highest BCUT2D eigenvalue weighted by Crippen LogP contribution is 2.51. The first-order chi connectivity index (χ1) is 19.5. The molecule has 1 aliphatic heterocycles. The molecule has 0 N–H and O–H groups in total. The number of halogens is 2. The maximum atomic E-state index is 15.3. The lowest BCUT2D eigenvalue weighted by molar-refractivity contribution is 0.0480. The third-order valence-corrected chi connectivity index (χ3v) is 7.99. The van der Waals surface area contributed by atoms with Crippen molar-refractivity contribution < 1.29 is 8.78 Å². The highest BCUT2D eigenvalue weighted by atomic mass is 19.3. The number of hydrogen-bond acceptors (Lipinski definition) is 2. The molecule has 0 amide bonds. The van der Waals surface area contributed by atoms with Gasteiger partial charge in [-0.25, -0.2) is 4.99 Å². The molecule has 1 aliphatic carbocycles. The van der Waals surface area contributed by atoms with E-state index in [9.17, 15) is 0 Å². The Bertz CT molecular complexity index is 1770. The van der Waals surface area contributed by atoms with Crippen LogP contribution in [-0.2, 0) is 5.92 Å². The summed E-state index contributed by atoms with van der Waals surface area (Å²) in [6.45, 7) is 2.18. The molecule has 2 aliphatic rings. The van der Waals surface area contributed by atoms with Gasteiger partial charge in [0.1, 0.15) is 0 Å². The fraction of sp³-hybridized carbons (Fsp3) is 0.111. The second-order valence-electron chi connectivity index (χ2n) is 10.4. The van der Waals surface area contributed by atoms with E-state index in [-0.39, 0.29) is 23.1 Å². The Labute approximate surface area is 232 Å². The Morgan fingerprint density at radius 3 is 1.93 bits per heavy atom. The van der Waals surface area contributed by atoms with Gasteiger partial charge in [0.2, 0.25) is 0 Å². The van der Waals surface area contributed by atoms with Crippen LogP contribution in [0.1, 0.15) is 40.8 Å². The van der Waals surface area contributed by atoms with Crippen molar-refractivity contribution in [1.82, 2.24) is 0 Å². The topological polar surface area (TPSA) is 24.7 Å².